The van der Waals surface area contributed by atoms with Gasteiger partial charge in [0.2, 0.25) is 0 Å². The van der Waals surface area contributed by atoms with E-state index in [-0.39, 0.29) is 30.7 Å². The number of amides is 1. The Kier molecular flexibility index (Phi) is 25.5. The lowest BCUT2D eigenvalue weighted by atomic mass is 9.82. The lowest BCUT2D eigenvalue weighted by Crippen LogP contribution is -2.64. The summed E-state index contributed by atoms with van der Waals surface area (Å²) in [6, 6.07) is 7.03. The molecule has 0 unspecified atom stereocenters. The largest absolute Gasteiger partial charge is 0.481 e. The molecule has 434 valence electrons. The molecule has 0 aliphatic carbocycles. The zero-order valence-corrected chi connectivity index (χ0v) is 44.8. The van der Waals surface area contributed by atoms with Crippen LogP contribution in [0.3, 0.4) is 0 Å². The number of nitrogens with zero attached hydrogens (tertiary/aromatic N) is 2. The molecule has 12 N–H and O–H groups in total. The van der Waals surface area contributed by atoms with Crippen molar-refractivity contribution in [2.45, 2.75) is 177 Å². The summed E-state index contributed by atoms with van der Waals surface area (Å²) < 4.78 is 23.7. The van der Waals surface area contributed by atoms with E-state index in [2.05, 4.69) is 15.3 Å². The molecular formula is C58H79N3O18. The molecule has 5 heterocycles. The number of fused-ring (bicyclic) bond motifs is 2. The number of carbonyl (C=O) groups excluding carboxylic acids is 2. The van der Waals surface area contributed by atoms with Gasteiger partial charge in [0.25, 0.3) is 5.91 Å². The predicted octanol–water partition coefficient (Wildman–Crippen LogP) is 2.64. The average molecular weight is 1110 g/mol. The Morgan fingerprint density at radius 1 is 0.658 bits per heavy atom. The van der Waals surface area contributed by atoms with E-state index in [1.54, 1.807) is 117 Å². The zero-order chi connectivity index (χ0) is 57.8. The number of aliphatic hydroxyl groups is 10. The Morgan fingerprint density at radius 2 is 1.29 bits per heavy atom. The molecule has 21 nitrogen and oxygen atoms in total. The molecule has 3 aliphatic heterocycles. The number of pyridine rings is 2. The highest BCUT2D eigenvalue weighted by molar-refractivity contribution is 5.94. The normalized spacial score (nSPS) is 36.5. The third-order valence-electron chi connectivity index (χ3n) is 14.2. The third-order valence-corrected chi connectivity index (χ3v) is 14.2. The monoisotopic (exact) mass is 1110 g/mol. The minimum atomic E-state index is -2.40. The molecule has 0 radical (unpaired) electrons. The topological polar surface area (TPSA) is 348 Å². The molecule has 0 saturated carbocycles. The number of carboxylic acids is 1. The van der Waals surface area contributed by atoms with Crippen molar-refractivity contribution >= 4 is 17.8 Å². The van der Waals surface area contributed by atoms with Gasteiger partial charge in [-0.1, -0.05) is 105 Å². The first-order valence-electron chi connectivity index (χ1n) is 26.7. The van der Waals surface area contributed by atoms with E-state index >= 15 is 0 Å². The summed E-state index contributed by atoms with van der Waals surface area (Å²) in [7, 11) is 0. The van der Waals surface area contributed by atoms with Gasteiger partial charge in [0.1, 0.15) is 24.2 Å². The number of nitrogens with one attached hydrogen (secondary N) is 1. The first-order valence-corrected chi connectivity index (χ1v) is 26.7. The molecule has 2 aromatic rings. The fraction of sp³-hybridized carbons (Fsp3) is 0.534. The van der Waals surface area contributed by atoms with Gasteiger partial charge in [-0.05, 0) is 57.4 Å². The number of ether oxygens (including phenoxy) is 4. The minimum Gasteiger partial charge on any atom is -0.481 e. The van der Waals surface area contributed by atoms with Crippen molar-refractivity contribution < 1.29 is 89.5 Å². The van der Waals surface area contributed by atoms with Crippen LogP contribution in [0, 0.1) is 17.8 Å². The number of rotatable bonds is 6. The van der Waals surface area contributed by atoms with Gasteiger partial charge in [-0.15, -0.1) is 0 Å². The van der Waals surface area contributed by atoms with Gasteiger partial charge in [-0.25, -0.2) is 0 Å². The Hall–Kier alpha value is -5.63. The summed E-state index contributed by atoms with van der Waals surface area (Å²) in [5.74, 6) is -7.76. The fourth-order valence-corrected chi connectivity index (χ4v) is 9.54. The first kappa shape index (κ1) is 64.2. The van der Waals surface area contributed by atoms with E-state index < -0.39 is 159 Å². The zero-order valence-electron chi connectivity index (χ0n) is 44.8. The molecule has 3 aliphatic rings. The number of aromatic nitrogens is 2. The number of carbonyl (C=O) groups is 3. The number of aliphatic carboxylic acids is 1. The van der Waals surface area contributed by atoms with Gasteiger partial charge in [0, 0.05) is 49.9 Å². The summed E-state index contributed by atoms with van der Waals surface area (Å²) >= 11 is 0. The number of allylic oxidation sites excluding steroid dienone is 12. The SMILES string of the molecule is C[C@@H]1[C@H](O)[C@@H](C)C=CC=CC=CC=CC=CC=CC=C[C@H](O[C@@H]2O[C@H](C)[C@@H](O)[C@H](NC(=O)c3ccc(-c4ccccn4)nc3)[C@@H]2O)C[C@@H]2O[C@](O)(C[C@@H](O)C[C@@H](O)[C@H](O)CC[C@@H](O)C[C@@H](O)CC(=O)O[C@H]1C)C[C@H](O)[C@H]2C(=O)O. The summed E-state index contributed by atoms with van der Waals surface area (Å²) in [6.45, 7) is 6.69. The summed E-state index contributed by atoms with van der Waals surface area (Å²) in [6.07, 6.45) is 4.52. The Bertz CT molecular complexity index is 2430. The maximum atomic E-state index is 13.5. The van der Waals surface area contributed by atoms with E-state index in [0.717, 1.165) is 0 Å². The molecule has 19 atom stereocenters. The van der Waals surface area contributed by atoms with Crippen molar-refractivity contribution in [3.05, 3.63) is 133 Å². The molecule has 79 heavy (non-hydrogen) atoms. The van der Waals surface area contributed by atoms with Crippen molar-refractivity contribution in [1.29, 1.82) is 0 Å². The van der Waals surface area contributed by atoms with Gasteiger partial charge < -0.3 is 80.4 Å². The van der Waals surface area contributed by atoms with Gasteiger partial charge in [-0.3, -0.25) is 24.4 Å². The molecule has 1 amide bonds. The van der Waals surface area contributed by atoms with Crippen LogP contribution in [0.5, 0.6) is 0 Å². The van der Waals surface area contributed by atoms with Gasteiger partial charge in [-0.2, -0.15) is 0 Å². The summed E-state index contributed by atoms with van der Waals surface area (Å²) in [4.78, 5) is 47.6. The molecule has 2 saturated heterocycles. The number of aliphatic hydroxyl groups excluding tert-OH is 9. The van der Waals surface area contributed by atoms with Crippen molar-refractivity contribution in [2.24, 2.45) is 17.8 Å². The van der Waals surface area contributed by atoms with Gasteiger partial charge in [0.15, 0.2) is 12.1 Å². The minimum absolute atomic E-state index is 0.105. The van der Waals surface area contributed by atoms with Gasteiger partial charge >= 0.3 is 11.9 Å². The van der Waals surface area contributed by atoms with E-state index in [1.165, 1.54) is 25.3 Å². The van der Waals surface area contributed by atoms with E-state index in [1.807, 2.05) is 13.0 Å². The van der Waals surface area contributed by atoms with Crippen LogP contribution >= 0.6 is 0 Å². The van der Waals surface area contributed by atoms with Crippen LogP contribution in [0.25, 0.3) is 11.4 Å². The highest BCUT2D eigenvalue weighted by Crippen LogP contribution is 2.38. The van der Waals surface area contributed by atoms with Crippen LogP contribution in [-0.4, -0.2) is 181 Å². The molecule has 5 rings (SSSR count). The van der Waals surface area contributed by atoms with Crippen molar-refractivity contribution in [3.63, 3.8) is 0 Å². The fourth-order valence-electron chi connectivity index (χ4n) is 9.54. The highest BCUT2D eigenvalue weighted by Gasteiger charge is 2.51. The van der Waals surface area contributed by atoms with Crippen LogP contribution in [0.1, 0.15) is 89.4 Å². The lowest BCUT2D eigenvalue weighted by Gasteiger charge is -2.45. The number of hydrogen-bond acceptors (Lipinski definition) is 19. The quantitative estimate of drug-likeness (QED) is 0.185. The molecule has 2 fully saturated rings. The Morgan fingerprint density at radius 3 is 1.90 bits per heavy atom. The van der Waals surface area contributed by atoms with Crippen molar-refractivity contribution in [3.8, 4) is 11.4 Å². The number of hydrogen-bond donors (Lipinski definition) is 12. The van der Waals surface area contributed by atoms with Crippen LogP contribution in [0.15, 0.2) is 128 Å². The highest BCUT2D eigenvalue weighted by atomic mass is 16.7. The predicted molar refractivity (Wildman–Crippen MR) is 288 cm³/mol. The smallest absolute Gasteiger partial charge is 0.311 e. The van der Waals surface area contributed by atoms with Crippen molar-refractivity contribution in [2.75, 3.05) is 0 Å². The number of carboxylic acid groups (broad SMARTS) is 1. The Labute approximate surface area is 460 Å². The third kappa shape index (κ3) is 20.1. The maximum absolute atomic E-state index is 13.5. The van der Waals surface area contributed by atoms with Crippen molar-refractivity contribution in [1.82, 2.24) is 15.3 Å². The molecule has 2 bridgehead atoms. The number of esters is 1. The number of cyclic esters (lactones) is 1. The summed E-state index contributed by atoms with van der Waals surface area (Å²) in [5, 5.41) is 124. The second-order valence-corrected chi connectivity index (χ2v) is 20.6. The van der Waals surface area contributed by atoms with Gasteiger partial charge in [0.05, 0.1) is 90.5 Å². The maximum Gasteiger partial charge on any atom is 0.311 e. The van der Waals surface area contributed by atoms with Crippen LogP contribution < -0.4 is 5.32 Å². The average Bonchev–Trinajstić information content (AvgIpc) is 3.45. The van der Waals surface area contributed by atoms with Crippen LogP contribution in [0.4, 0.5) is 0 Å². The van der Waals surface area contributed by atoms with E-state index in [4.69, 9.17) is 18.9 Å². The molecule has 21 heteroatoms. The Balaban J connectivity index is 1.37. The molecule has 2 aromatic heterocycles. The van der Waals surface area contributed by atoms with Crippen LogP contribution in [-0.2, 0) is 28.5 Å². The lowest BCUT2D eigenvalue weighted by molar-refractivity contribution is -0.309. The van der Waals surface area contributed by atoms with E-state index in [0.29, 0.717) is 11.4 Å². The van der Waals surface area contributed by atoms with Crippen LogP contribution in [0.2, 0.25) is 0 Å². The summed E-state index contributed by atoms with van der Waals surface area (Å²) in [5.41, 5.74) is 1.18. The second-order valence-electron chi connectivity index (χ2n) is 20.6. The van der Waals surface area contributed by atoms with E-state index in [9.17, 15) is 70.6 Å². The molecular weight excluding hydrogens is 1030 g/mol. The first-order chi connectivity index (χ1) is 37.5. The molecule has 0 spiro atoms. The second kappa shape index (κ2) is 31.4. The molecule has 0 aromatic carbocycles. The standard InChI is InChI=1S/C58H79N3O18/c1-34-19-15-13-11-9-7-5-6-8-10-12-14-16-20-42(78-57-54(71)51(53(70)37(4)77-57)61-55(72)38-22-24-44(60-33-38)43-21-17-18-26-59-43)30-48-50(56(73)74)47(67)32-58(75,79-48)31-41(64)28-46(66)45(65)25-23-39(62)27-40(63)29-49(68)76-36(3)35(2)52(34)69/h5-22,24,26,33-37,39-42,45-48,50-54,57,62-67,69-71,75H,23,25,27-32H2,1-4H3,(H,61,72)(H,73,74)/t34-,35-,36-,37+,39+,40+,41-,42-,45+,46+,47-,48-,50+,51-,52+,53+,54-,57-,58+/m0/s1.